The second-order valence-corrected chi connectivity index (χ2v) is 9.51. The molecule has 0 aromatic heterocycles. The van der Waals surface area contributed by atoms with Crippen molar-refractivity contribution in [3.05, 3.63) is 64.2 Å². The van der Waals surface area contributed by atoms with Gasteiger partial charge in [0.05, 0.1) is 0 Å². The molecular formula is C27H37NO7. The predicted molar refractivity (Wildman–Crippen MR) is 134 cm³/mol. The molecule has 2 rings (SSSR count). The average Bonchev–Trinajstić information content (AvgIpc) is 2.74. The molecule has 8 nitrogen and oxygen atoms in total. The average molecular weight is 488 g/mol. The van der Waals surface area contributed by atoms with Crippen LogP contribution in [0.4, 0.5) is 0 Å². The highest BCUT2D eigenvalue weighted by molar-refractivity contribution is 6.27. The molecule has 0 aliphatic heterocycles. The number of benzene rings is 2. The molecule has 0 saturated heterocycles. The van der Waals surface area contributed by atoms with Crippen LogP contribution in [-0.4, -0.2) is 57.8 Å². The van der Waals surface area contributed by atoms with Crippen LogP contribution in [0.5, 0.6) is 5.75 Å². The van der Waals surface area contributed by atoms with E-state index >= 15 is 0 Å². The molecule has 35 heavy (non-hydrogen) atoms. The lowest BCUT2D eigenvalue weighted by Crippen LogP contribution is -2.42. The van der Waals surface area contributed by atoms with Crippen LogP contribution in [0.15, 0.2) is 36.4 Å². The van der Waals surface area contributed by atoms with E-state index in [1.54, 1.807) is 0 Å². The second kappa shape index (κ2) is 13.6. The van der Waals surface area contributed by atoms with Crippen molar-refractivity contribution in [1.82, 2.24) is 5.32 Å². The number of aliphatic hydroxyl groups is 1. The zero-order valence-electron chi connectivity index (χ0n) is 21.3. The third-order valence-corrected chi connectivity index (χ3v) is 5.03. The number of carbonyl (C=O) groups excluding carboxylic acids is 1. The molecule has 2 aromatic carbocycles. The fourth-order valence-electron chi connectivity index (χ4n) is 3.51. The first kappa shape index (κ1) is 29.8. The van der Waals surface area contributed by atoms with E-state index in [4.69, 9.17) is 24.5 Å². The number of ether oxygens (including phenoxy) is 1. The summed E-state index contributed by atoms with van der Waals surface area (Å²) in [7, 11) is 0. The molecule has 0 amide bonds. The zero-order valence-corrected chi connectivity index (χ0v) is 21.3. The molecule has 0 spiro atoms. The SMILES string of the molecule is Cc1cc(C)c(C(=O)CCc2ccccc2OCC(O)CNC(C)(C)C)c(C)c1.O=C(O)C(=O)O. The summed E-state index contributed by atoms with van der Waals surface area (Å²) in [6.45, 7) is 12.9. The minimum atomic E-state index is -1.82. The van der Waals surface area contributed by atoms with Crippen LogP contribution >= 0.6 is 0 Å². The van der Waals surface area contributed by atoms with Crippen molar-refractivity contribution < 1.29 is 34.4 Å². The van der Waals surface area contributed by atoms with Crippen LogP contribution in [0.3, 0.4) is 0 Å². The van der Waals surface area contributed by atoms with Gasteiger partial charge in [0.2, 0.25) is 0 Å². The van der Waals surface area contributed by atoms with Gasteiger partial charge in [0.25, 0.3) is 0 Å². The van der Waals surface area contributed by atoms with Crippen LogP contribution in [0.2, 0.25) is 0 Å². The Morgan fingerprint density at radius 3 is 2.03 bits per heavy atom. The van der Waals surface area contributed by atoms with Crippen molar-refractivity contribution in [3.8, 4) is 5.75 Å². The van der Waals surface area contributed by atoms with Crippen LogP contribution < -0.4 is 10.1 Å². The van der Waals surface area contributed by atoms with Gasteiger partial charge in [-0.1, -0.05) is 35.9 Å². The first-order valence-electron chi connectivity index (χ1n) is 11.4. The number of ketones is 1. The monoisotopic (exact) mass is 487 g/mol. The zero-order chi connectivity index (χ0) is 26.8. The van der Waals surface area contributed by atoms with Gasteiger partial charge < -0.3 is 25.4 Å². The second-order valence-electron chi connectivity index (χ2n) is 9.51. The standard InChI is InChI=1S/C25H35NO3.C2H2O4/c1-17-13-18(2)24(19(3)14-17)22(28)12-11-20-9-7-8-10-23(20)29-16-21(27)15-26-25(4,5)6;3-1(4)2(5)6/h7-10,13-14,21,26-27H,11-12,15-16H2,1-6H3;(H,3,4)(H,5,6). The molecule has 0 heterocycles. The minimum Gasteiger partial charge on any atom is -0.491 e. The molecule has 4 N–H and O–H groups in total. The first-order valence-corrected chi connectivity index (χ1v) is 11.4. The fraction of sp³-hybridized carbons (Fsp3) is 0.444. The van der Waals surface area contributed by atoms with Gasteiger partial charge in [-0.2, -0.15) is 0 Å². The first-order chi connectivity index (χ1) is 16.2. The number of aliphatic hydroxyl groups excluding tert-OH is 1. The number of hydrogen-bond donors (Lipinski definition) is 4. The Morgan fingerprint density at radius 2 is 1.51 bits per heavy atom. The highest BCUT2D eigenvalue weighted by atomic mass is 16.5. The van der Waals surface area contributed by atoms with Gasteiger partial charge >= 0.3 is 11.9 Å². The molecule has 2 aromatic rings. The number of nitrogens with one attached hydrogen (secondary N) is 1. The molecule has 0 saturated carbocycles. The molecule has 192 valence electrons. The molecule has 0 aliphatic carbocycles. The van der Waals surface area contributed by atoms with Crippen molar-refractivity contribution in [2.75, 3.05) is 13.2 Å². The topological polar surface area (TPSA) is 133 Å². The lowest BCUT2D eigenvalue weighted by Gasteiger charge is -2.23. The Kier molecular flexibility index (Phi) is 11.6. The Morgan fingerprint density at radius 1 is 0.971 bits per heavy atom. The summed E-state index contributed by atoms with van der Waals surface area (Å²) in [6, 6.07) is 11.9. The van der Waals surface area contributed by atoms with Gasteiger partial charge in [-0.3, -0.25) is 4.79 Å². The lowest BCUT2D eigenvalue weighted by atomic mass is 9.93. The summed E-state index contributed by atoms with van der Waals surface area (Å²) in [6.07, 6.45) is 0.443. The van der Waals surface area contributed by atoms with Crippen LogP contribution in [0.1, 0.15) is 59.8 Å². The highest BCUT2D eigenvalue weighted by Gasteiger charge is 2.16. The Hall–Kier alpha value is -3.23. The van der Waals surface area contributed by atoms with E-state index < -0.39 is 18.0 Å². The Balaban J connectivity index is 0.000000905. The molecule has 1 unspecified atom stereocenters. The maximum absolute atomic E-state index is 12.8. The van der Waals surface area contributed by atoms with Gasteiger partial charge in [-0.15, -0.1) is 0 Å². The molecular weight excluding hydrogens is 450 g/mol. The van der Waals surface area contributed by atoms with Crippen LogP contribution in [-0.2, 0) is 16.0 Å². The van der Waals surface area contributed by atoms with Crippen molar-refractivity contribution in [1.29, 1.82) is 0 Å². The van der Waals surface area contributed by atoms with E-state index in [2.05, 4.69) is 38.2 Å². The number of carbonyl (C=O) groups is 3. The van der Waals surface area contributed by atoms with Crippen molar-refractivity contribution >= 4 is 17.7 Å². The van der Waals surface area contributed by atoms with E-state index in [-0.39, 0.29) is 17.9 Å². The van der Waals surface area contributed by atoms with Gasteiger partial charge in [-0.05, 0) is 70.7 Å². The predicted octanol–water partition coefficient (Wildman–Crippen LogP) is 3.71. The number of β-amino-alcohol motifs (C(OH)–C–C–N with tert-alkyl or cyclic N) is 1. The summed E-state index contributed by atoms with van der Waals surface area (Å²) in [5, 5.41) is 28.2. The maximum atomic E-state index is 12.8. The molecule has 0 fully saturated rings. The van der Waals surface area contributed by atoms with Gasteiger partial charge in [0, 0.05) is 24.1 Å². The highest BCUT2D eigenvalue weighted by Crippen LogP contribution is 2.23. The molecule has 0 aliphatic rings. The van der Waals surface area contributed by atoms with E-state index in [0.29, 0.717) is 19.4 Å². The Labute approximate surface area is 206 Å². The van der Waals surface area contributed by atoms with E-state index in [1.807, 2.05) is 45.0 Å². The third-order valence-electron chi connectivity index (χ3n) is 5.03. The summed E-state index contributed by atoms with van der Waals surface area (Å²) in [5.74, 6) is -2.76. The van der Waals surface area contributed by atoms with Crippen molar-refractivity contribution in [3.63, 3.8) is 0 Å². The molecule has 8 heteroatoms. The number of hydrogen-bond acceptors (Lipinski definition) is 6. The molecule has 0 radical (unpaired) electrons. The van der Waals surface area contributed by atoms with Crippen LogP contribution in [0, 0.1) is 20.8 Å². The summed E-state index contributed by atoms with van der Waals surface area (Å²) in [5.41, 5.74) is 5.01. The third kappa shape index (κ3) is 11.2. The number of aliphatic carboxylic acids is 2. The summed E-state index contributed by atoms with van der Waals surface area (Å²) < 4.78 is 5.86. The van der Waals surface area contributed by atoms with E-state index in [0.717, 1.165) is 28.0 Å². The smallest absolute Gasteiger partial charge is 0.414 e. The summed E-state index contributed by atoms with van der Waals surface area (Å²) in [4.78, 5) is 31.0. The molecule has 0 bridgehead atoms. The van der Waals surface area contributed by atoms with E-state index in [1.165, 1.54) is 5.56 Å². The largest absolute Gasteiger partial charge is 0.491 e. The number of carboxylic acid groups (broad SMARTS) is 2. The number of rotatable bonds is 9. The van der Waals surface area contributed by atoms with Crippen LogP contribution in [0.25, 0.3) is 0 Å². The fourth-order valence-corrected chi connectivity index (χ4v) is 3.51. The minimum absolute atomic E-state index is 0.0501. The lowest BCUT2D eigenvalue weighted by molar-refractivity contribution is -0.159. The normalized spacial score (nSPS) is 11.7. The number of carboxylic acids is 2. The summed E-state index contributed by atoms with van der Waals surface area (Å²) >= 11 is 0. The van der Waals surface area contributed by atoms with Crippen molar-refractivity contribution in [2.24, 2.45) is 0 Å². The van der Waals surface area contributed by atoms with Crippen molar-refractivity contribution in [2.45, 2.75) is 66.0 Å². The Bertz CT molecular complexity index is 989. The number of aryl methyl sites for hydroxylation is 4. The van der Waals surface area contributed by atoms with Gasteiger partial charge in [0.1, 0.15) is 18.5 Å². The molecule has 1 atom stereocenters. The number of Topliss-reactive ketones (excluding diaryl/α,β-unsaturated/α-hetero) is 1. The van der Waals surface area contributed by atoms with Gasteiger partial charge in [-0.25, -0.2) is 9.59 Å². The quantitative estimate of drug-likeness (QED) is 0.311. The van der Waals surface area contributed by atoms with Gasteiger partial charge in [0.15, 0.2) is 5.78 Å². The van der Waals surface area contributed by atoms with E-state index in [9.17, 15) is 9.90 Å². The number of para-hydroxylation sites is 1. The maximum Gasteiger partial charge on any atom is 0.414 e.